The smallest absolute Gasteiger partial charge is 0.267 e. The Labute approximate surface area is 118 Å². The number of carbonyl (C=O) groups excluding carboxylic acids is 1. The van der Waals surface area contributed by atoms with E-state index in [2.05, 4.69) is 5.16 Å². The maximum atomic E-state index is 12.7. The molecule has 3 rings (SSSR count). The van der Waals surface area contributed by atoms with Gasteiger partial charge in [0.1, 0.15) is 0 Å². The number of likely N-dealkylation sites (tertiary alicyclic amines) is 1. The predicted molar refractivity (Wildman–Crippen MR) is 72.2 cm³/mol. The lowest BCUT2D eigenvalue weighted by molar-refractivity contribution is -0.146. The monoisotopic (exact) mass is 282 g/mol. The Balaban J connectivity index is 1.70. The van der Waals surface area contributed by atoms with Gasteiger partial charge in [-0.1, -0.05) is 19.0 Å². The number of carbonyl (C=O) groups is 1. The van der Waals surface area contributed by atoms with Gasteiger partial charge in [0.05, 0.1) is 30.5 Å². The van der Waals surface area contributed by atoms with E-state index in [1.54, 1.807) is 4.90 Å². The molecule has 2 saturated heterocycles. The van der Waals surface area contributed by atoms with Crippen molar-refractivity contribution in [1.82, 2.24) is 4.90 Å². The van der Waals surface area contributed by atoms with Gasteiger partial charge in [-0.05, 0) is 18.8 Å². The first-order chi connectivity index (χ1) is 9.61. The van der Waals surface area contributed by atoms with Crippen molar-refractivity contribution in [2.45, 2.75) is 57.4 Å². The minimum Gasteiger partial charge on any atom is -0.394 e. The SMILES string of the molecule is CC(C)C1=NOC(C(=O)N2[C@@H](CO)C[C@H]3OCC[C@H]32)C1. The molecule has 4 atom stereocenters. The van der Waals surface area contributed by atoms with Crippen molar-refractivity contribution in [3.63, 3.8) is 0 Å². The topological polar surface area (TPSA) is 71.4 Å². The third-order valence-electron chi connectivity index (χ3n) is 4.53. The number of aliphatic hydroxyl groups is 1. The van der Waals surface area contributed by atoms with Crippen molar-refractivity contribution in [2.75, 3.05) is 13.2 Å². The molecule has 2 fully saturated rings. The van der Waals surface area contributed by atoms with Crippen LogP contribution in [0.15, 0.2) is 5.16 Å². The van der Waals surface area contributed by atoms with Gasteiger partial charge in [0.25, 0.3) is 5.91 Å². The first kappa shape index (κ1) is 13.8. The van der Waals surface area contributed by atoms with Crippen LogP contribution in [0.5, 0.6) is 0 Å². The molecule has 0 aromatic heterocycles. The fraction of sp³-hybridized carbons (Fsp3) is 0.857. The maximum Gasteiger partial charge on any atom is 0.267 e. The van der Waals surface area contributed by atoms with Crippen LogP contribution in [0.1, 0.15) is 33.1 Å². The number of hydrogen-bond donors (Lipinski definition) is 1. The summed E-state index contributed by atoms with van der Waals surface area (Å²) in [5, 5.41) is 13.5. The number of oxime groups is 1. The van der Waals surface area contributed by atoms with E-state index in [-0.39, 0.29) is 30.7 Å². The molecular weight excluding hydrogens is 260 g/mol. The molecule has 20 heavy (non-hydrogen) atoms. The molecule has 112 valence electrons. The molecular formula is C14H22N2O4. The number of rotatable bonds is 3. The minimum absolute atomic E-state index is 0.0211. The average Bonchev–Trinajstić information content (AvgIpc) is 3.12. The van der Waals surface area contributed by atoms with E-state index in [1.165, 1.54) is 0 Å². The first-order valence-corrected chi connectivity index (χ1v) is 7.39. The van der Waals surface area contributed by atoms with Crippen LogP contribution in [0.3, 0.4) is 0 Å². The molecule has 6 nitrogen and oxygen atoms in total. The number of nitrogens with zero attached hydrogens (tertiary/aromatic N) is 2. The second-order valence-corrected chi connectivity index (χ2v) is 6.12. The van der Waals surface area contributed by atoms with Gasteiger partial charge in [0, 0.05) is 13.0 Å². The predicted octanol–water partition coefficient (Wildman–Crippen LogP) is 0.538. The molecule has 0 aromatic rings. The third kappa shape index (κ3) is 2.20. The molecule has 3 aliphatic heterocycles. The lowest BCUT2D eigenvalue weighted by Crippen LogP contribution is -2.48. The zero-order valence-electron chi connectivity index (χ0n) is 12.0. The Morgan fingerprint density at radius 1 is 1.55 bits per heavy atom. The standard InChI is InChI=1S/C14H22N2O4/c1-8(2)10-6-13(20-15-10)14(18)16-9(7-17)5-12-11(16)3-4-19-12/h8-9,11-13,17H,3-7H2,1-2H3/t9-,11-,12-,13?/m1/s1. The highest BCUT2D eigenvalue weighted by molar-refractivity contribution is 5.94. The van der Waals surface area contributed by atoms with E-state index in [0.717, 1.165) is 18.6 Å². The van der Waals surface area contributed by atoms with E-state index in [4.69, 9.17) is 9.57 Å². The van der Waals surface area contributed by atoms with Crippen LogP contribution in [-0.2, 0) is 14.4 Å². The Hall–Kier alpha value is -1.14. The molecule has 0 aliphatic carbocycles. The molecule has 6 heteroatoms. The summed E-state index contributed by atoms with van der Waals surface area (Å²) in [6, 6.07) is -0.0594. The lowest BCUT2D eigenvalue weighted by atomic mass is 10.0. The van der Waals surface area contributed by atoms with Crippen molar-refractivity contribution in [3.05, 3.63) is 0 Å². The van der Waals surface area contributed by atoms with E-state index < -0.39 is 6.10 Å². The molecule has 3 aliphatic rings. The average molecular weight is 282 g/mol. The van der Waals surface area contributed by atoms with Gasteiger partial charge in [-0.3, -0.25) is 4.79 Å². The number of fused-ring (bicyclic) bond motifs is 1. The van der Waals surface area contributed by atoms with Gasteiger partial charge >= 0.3 is 0 Å². The van der Waals surface area contributed by atoms with Crippen molar-refractivity contribution in [2.24, 2.45) is 11.1 Å². The number of hydrogen-bond acceptors (Lipinski definition) is 5. The summed E-state index contributed by atoms with van der Waals surface area (Å²) in [6.07, 6.45) is 1.67. The second-order valence-electron chi connectivity index (χ2n) is 6.12. The van der Waals surface area contributed by atoms with Crippen LogP contribution in [0.4, 0.5) is 0 Å². The van der Waals surface area contributed by atoms with E-state index in [0.29, 0.717) is 18.9 Å². The van der Waals surface area contributed by atoms with Gasteiger partial charge < -0.3 is 19.6 Å². The van der Waals surface area contributed by atoms with Crippen LogP contribution in [0.2, 0.25) is 0 Å². The lowest BCUT2D eigenvalue weighted by Gasteiger charge is -2.29. The Morgan fingerprint density at radius 3 is 3.00 bits per heavy atom. The highest BCUT2D eigenvalue weighted by Crippen LogP contribution is 2.35. The van der Waals surface area contributed by atoms with E-state index in [1.807, 2.05) is 13.8 Å². The van der Waals surface area contributed by atoms with Crippen molar-refractivity contribution in [1.29, 1.82) is 0 Å². The van der Waals surface area contributed by atoms with Gasteiger partial charge in [0.2, 0.25) is 6.10 Å². The molecule has 1 amide bonds. The second kappa shape index (κ2) is 5.33. The van der Waals surface area contributed by atoms with Crippen LogP contribution in [0.25, 0.3) is 0 Å². The summed E-state index contributed by atoms with van der Waals surface area (Å²) in [4.78, 5) is 19.8. The Bertz CT molecular complexity index is 423. The summed E-state index contributed by atoms with van der Waals surface area (Å²) in [5.74, 6) is 0.240. The molecule has 0 radical (unpaired) electrons. The summed E-state index contributed by atoms with van der Waals surface area (Å²) >= 11 is 0. The highest BCUT2D eigenvalue weighted by atomic mass is 16.6. The zero-order chi connectivity index (χ0) is 14.3. The molecule has 0 bridgehead atoms. The van der Waals surface area contributed by atoms with E-state index >= 15 is 0 Å². The highest BCUT2D eigenvalue weighted by Gasteiger charge is 2.49. The van der Waals surface area contributed by atoms with Gasteiger partial charge in [-0.2, -0.15) is 0 Å². The van der Waals surface area contributed by atoms with Crippen LogP contribution in [-0.4, -0.2) is 59.1 Å². The fourth-order valence-electron chi connectivity index (χ4n) is 3.37. The van der Waals surface area contributed by atoms with Gasteiger partial charge in [0.15, 0.2) is 0 Å². The minimum atomic E-state index is -0.527. The maximum absolute atomic E-state index is 12.7. The Kier molecular flexibility index (Phi) is 3.69. The Morgan fingerprint density at radius 2 is 2.35 bits per heavy atom. The summed E-state index contributed by atoms with van der Waals surface area (Å²) in [6.45, 7) is 4.76. The summed E-state index contributed by atoms with van der Waals surface area (Å²) < 4.78 is 5.64. The van der Waals surface area contributed by atoms with Crippen LogP contribution < -0.4 is 0 Å². The third-order valence-corrected chi connectivity index (χ3v) is 4.53. The molecule has 1 N–H and O–H groups in total. The van der Waals surface area contributed by atoms with Gasteiger partial charge in [-0.25, -0.2) is 0 Å². The van der Waals surface area contributed by atoms with Crippen LogP contribution in [0, 0.1) is 5.92 Å². The summed E-state index contributed by atoms with van der Waals surface area (Å²) in [7, 11) is 0. The number of amides is 1. The van der Waals surface area contributed by atoms with Crippen LogP contribution >= 0.6 is 0 Å². The number of ether oxygens (including phenoxy) is 1. The molecule has 1 unspecified atom stereocenters. The van der Waals surface area contributed by atoms with Crippen molar-refractivity contribution < 1.29 is 19.5 Å². The molecule has 0 spiro atoms. The largest absolute Gasteiger partial charge is 0.394 e. The quantitative estimate of drug-likeness (QED) is 0.820. The van der Waals surface area contributed by atoms with E-state index in [9.17, 15) is 9.90 Å². The molecule has 0 aromatic carbocycles. The zero-order valence-corrected chi connectivity index (χ0v) is 12.0. The fourth-order valence-corrected chi connectivity index (χ4v) is 3.37. The number of aliphatic hydroxyl groups excluding tert-OH is 1. The molecule has 3 heterocycles. The first-order valence-electron chi connectivity index (χ1n) is 7.39. The van der Waals surface area contributed by atoms with Crippen molar-refractivity contribution >= 4 is 11.6 Å². The van der Waals surface area contributed by atoms with Gasteiger partial charge in [-0.15, -0.1) is 0 Å². The molecule has 0 saturated carbocycles. The van der Waals surface area contributed by atoms with Crippen molar-refractivity contribution in [3.8, 4) is 0 Å². The normalized spacial score (nSPS) is 36.2. The summed E-state index contributed by atoms with van der Waals surface area (Å²) in [5.41, 5.74) is 0.933.